The van der Waals surface area contributed by atoms with Gasteiger partial charge < -0.3 is 10.6 Å². The highest BCUT2D eigenvalue weighted by Gasteiger charge is 2.20. The predicted molar refractivity (Wildman–Crippen MR) is 77.0 cm³/mol. The molecule has 1 atom stereocenters. The second-order valence-corrected chi connectivity index (χ2v) is 4.65. The third-order valence-electron chi connectivity index (χ3n) is 3.32. The van der Waals surface area contributed by atoms with Crippen LogP contribution in [0.2, 0.25) is 0 Å². The molecule has 0 aliphatic carbocycles. The first-order chi connectivity index (χ1) is 9.36. The first-order valence-electron chi connectivity index (χ1n) is 6.45. The van der Waals surface area contributed by atoms with Crippen LogP contribution in [-0.4, -0.2) is 18.4 Å². The number of rotatable bonds is 3. The summed E-state index contributed by atoms with van der Waals surface area (Å²) in [4.78, 5) is 5.25. The van der Waals surface area contributed by atoms with Crippen LogP contribution in [0.1, 0.15) is 12.0 Å². The Morgan fingerprint density at radius 2 is 1.58 bits per heavy atom. The molecule has 2 aromatic rings. The number of hydrogen-bond acceptors (Lipinski definition) is 3. The topological polar surface area (TPSA) is 47.6 Å². The molecule has 0 saturated carbocycles. The van der Waals surface area contributed by atoms with Gasteiger partial charge in [-0.3, -0.25) is 0 Å². The molecule has 3 heteroatoms. The average molecular weight is 252 g/mol. The van der Waals surface area contributed by atoms with Crippen molar-refractivity contribution in [2.75, 3.05) is 6.54 Å². The van der Waals surface area contributed by atoms with Crippen LogP contribution in [-0.2, 0) is 4.84 Å². The Morgan fingerprint density at radius 3 is 2.21 bits per heavy atom. The number of benzene rings is 2. The third-order valence-corrected chi connectivity index (χ3v) is 3.32. The Morgan fingerprint density at radius 1 is 0.947 bits per heavy atom. The summed E-state index contributed by atoms with van der Waals surface area (Å²) in [6.45, 7) is 0.509. The Labute approximate surface area is 112 Å². The van der Waals surface area contributed by atoms with Gasteiger partial charge in [0.05, 0.1) is 5.71 Å². The first kappa shape index (κ1) is 11.9. The number of nitrogens with two attached hydrogens (primary N) is 1. The zero-order valence-corrected chi connectivity index (χ0v) is 10.6. The maximum atomic E-state index is 5.58. The van der Waals surface area contributed by atoms with Crippen LogP contribution in [0.15, 0.2) is 59.8 Å². The van der Waals surface area contributed by atoms with Crippen molar-refractivity contribution < 1.29 is 4.84 Å². The van der Waals surface area contributed by atoms with Crippen LogP contribution in [0.4, 0.5) is 0 Å². The maximum absolute atomic E-state index is 5.58. The van der Waals surface area contributed by atoms with Gasteiger partial charge in [0.1, 0.15) is 6.10 Å². The molecule has 1 aliphatic heterocycles. The second-order valence-electron chi connectivity index (χ2n) is 4.65. The zero-order valence-electron chi connectivity index (χ0n) is 10.6. The molecule has 0 unspecified atom stereocenters. The van der Waals surface area contributed by atoms with E-state index in [1.807, 2.05) is 18.2 Å². The molecule has 19 heavy (non-hydrogen) atoms. The smallest absolute Gasteiger partial charge is 0.145 e. The number of nitrogens with zero attached hydrogens (tertiary/aromatic N) is 1. The number of oxime groups is 1. The molecule has 1 aliphatic rings. The summed E-state index contributed by atoms with van der Waals surface area (Å²) >= 11 is 0. The van der Waals surface area contributed by atoms with Crippen molar-refractivity contribution in [1.82, 2.24) is 0 Å². The normalized spacial score (nSPS) is 17.9. The van der Waals surface area contributed by atoms with Crippen molar-refractivity contribution in [3.05, 3.63) is 60.2 Å². The Kier molecular flexibility index (Phi) is 3.29. The van der Waals surface area contributed by atoms with Crippen LogP contribution >= 0.6 is 0 Å². The summed E-state index contributed by atoms with van der Waals surface area (Å²) in [5, 5.41) is 4.10. The molecule has 2 N–H and O–H groups in total. The molecule has 0 spiro atoms. The molecule has 0 bridgehead atoms. The van der Waals surface area contributed by atoms with E-state index in [1.165, 1.54) is 11.1 Å². The van der Waals surface area contributed by atoms with Gasteiger partial charge >= 0.3 is 0 Å². The molecule has 1 heterocycles. The van der Waals surface area contributed by atoms with Crippen molar-refractivity contribution in [2.24, 2.45) is 10.9 Å². The molecule has 2 aromatic carbocycles. The lowest BCUT2D eigenvalue weighted by atomic mass is 10.0. The van der Waals surface area contributed by atoms with Gasteiger partial charge in [0.15, 0.2) is 0 Å². The van der Waals surface area contributed by atoms with Gasteiger partial charge in [0.25, 0.3) is 0 Å². The minimum absolute atomic E-state index is 0.0313. The monoisotopic (exact) mass is 252 g/mol. The van der Waals surface area contributed by atoms with Gasteiger partial charge in [-0.25, -0.2) is 0 Å². The number of hydrogen-bond donors (Lipinski definition) is 1. The molecular weight excluding hydrogens is 236 g/mol. The first-order valence-corrected chi connectivity index (χ1v) is 6.45. The maximum Gasteiger partial charge on any atom is 0.145 e. The third kappa shape index (κ3) is 2.51. The fraction of sp³-hybridized carbons (Fsp3) is 0.188. The summed E-state index contributed by atoms with van der Waals surface area (Å²) in [5.74, 6) is 0. The van der Waals surface area contributed by atoms with Crippen LogP contribution in [0.3, 0.4) is 0 Å². The average Bonchev–Trinajstić information content (AvgIpc) is 2.97. The standard InChI is InChI=1S/C16H16N2O/c17-11-15-10-16(18-19-15)14-8-6-13(7-9-14)12-4-2-1-3-5-12/h1-9,15H,10-11,17H2/t15-/m0/s1. The van der Waals surface area contributed by atoms with Crippen molar-refractivity contribution in [3.8, 4) is 11.1 Å². The van der Waals surface area contributed by atoms with Crippen molar-refractivity contribution in [1.29, 1.82) is 0 Å². The van der Waals surface area contributed by atoms with E-state index in [2.05, 4.69) is 41.6 Å². The lowest BCUT2D eigenvalue weighted by molar-refractivity contribution is 0.0918. The molecule has 96 valence electrons. The van der Waals surface area contributed by atoms with E-state index in [1.54, 1.807) is 0 Å². The lowest BCUT2D eigenvalue weighted by Crippen LogP contribution is -2.20. The van der Waals surface area contributed by atoms with Crippen molar-refractivity contribution in [3.63, 3.8) is 0 Å². The second kappa shape index (κ2) is 5.24. The van der Waals surface area contributed by atoms with Gasteiger partial charge in [-0.1, -0.05) is 59.8 Å². The van der Waals surface area contributed by atoms with Crippen LogP contribution in [0, 0.1) is 0 Å². The van der Waals surface area contributed by atoms with Crippen LogP contribution in [0.25, 0.3) is 11.1 Å². The van der Waals surface area contributed by atoms with E-state index < -0.39 is 0 Å². The zero-order chi connectivity index (χ0) is 13.1. The van der Waals surface area contributed by atoms with Gasteiger partial charge in [-0.2, -0.15) is 0 Å². The fourth-order valence-corrected chi connectivity index (χ4v) is 2.21. The van der Waals surface area contributed by atoms with E-state index in [0.29, 0.717) is 6.54 Å². The van der Waals surface area contributed by atoms with E-state index in [9.17, 15) is 0 Å². The van der Waals surface area contributed by atoms with E-state index >= 15 is 0 Å². The quantitative estimate of drug-likeness (QED) is 0.913. The Hall–Kier alpha value is -2.13. The molecule has 0 radical (unpaired) electrons. The van der Waals surface area contributed by atoms with Crippen molar-refractivity contribution >= 4 is 5.71 Å². The van der Waals surface area contributed by atoms with Gasteiger partial charge in [-0.15, -0.1) is 0 Å². The van der Waals surface area contributed by atoms with E-state index in [0.717, 1.165) is 17.7 Å². The van der Waals surface area contributed by atoms with E-state index in [-0.39, 0.29) is 6.10 Å². The molecule has 0 fully saturated rings. The summed E-state index contributed by atoms with van der Waals surface area (Å²) in [5.41, 5.74) is 10.1. The highest BCUT2D eigenvalue weighted by molar-refractivity contribution is 6.01. The lowest BCUT2D eigenvalue weighted by Gasteiger charge is -2.04. The Balaban J connectivity index is 1.80. The van der Waals surface area contributed by atoms with E-state index in [4.69, 9.17) is 10.6 Å². The van der Waals surface area contributed by atoms with Gasteiger partial charge in [0, 0.05) is 13.0 Å². The van der Waals surface area contributed by atoms with Gasteiger partial charge in [-0.05, 0) is 16.7 Å². The Bertz CT molecular complexity index is 575. The van der Waals surface area contributed by atoms with Crippen LogP contribution in [0.5, 0.6) is 0 Å². The minimum atomic E-state index is 0.0313. The highest BCUT2D eigenvalue weighted by Crippen LogP contribution is 2.21. The van der Waals surface area contributed by atoms with Crippen LogP contribution < -0.4 is 5.73 Å². The summed E-state index contributed by atoms with van der Waals surface area (Å²) in [6.07, 6.45) is 0.824. The van der Waals surface area contributed by atoms with Crippen molar-refractivity contribution in [2.45, 2.75) is 12.5 Å². The largest absolute Gasteiger partial charge is 0.390 e. The predicted octanol–water partition coefficient (Wildman–Crippen LogP) is 2.81. The molecule has 3 nitrogen and oxygen atoms in total. The molecule has 0 aromatic heterocycles. The minimum Gasteiger partial charge on any atom is -0.390 e. The molecular formula is C16H16N2O. The summed E-state index contributed by atoms with van der Waals surface area (Å²) in [7, 11) is 0. The summed E-state index contributed by atoms with van der Waals surface area (Å²) in [6, 6.07) is 18.7. The van der Waals surface area contributed by atoms with Gasteiger partial charge in [0.2, 0.25) is 0 Å². The highest BCUT2D eigenvalue weighted by atomic mass is 16.6. The molecule has 3 rings (SSSR count). The molecule has 0 amide bonds. The summed E-state index contributed by atoms with van der Waals surface area (Å²) < 4.78 is 0. The fourth-order valence-electron chi connectivity index (χ4n) is 2.21. The SMILES string of the molecule is NC[C@@H]1CC(c2ccc(-c3ccccc3)cc2)=NO1. The molecule has 0 saturated heterocycles.